The lowest BCUT2D eigenvalue weighted by Gasteiger charge is -2.28. The molecule has 0 amide bonds. The van der Waals surface area contributed by atoms with Gasteiger partial charge in [0.25, 0.3) is 0 Å². The third-order valence-electron chi connectivity index (χ3n) is 2.73. The van der Waals surface area contributed by atoms with Crippen molar-refractivity contribution in [2.75, 3.05) is 14.2 Å². The monoisotopic (exact) mass is 249 g/mol. The zero-order chi connectivity index (χ0) is 13.6. The summed E-state index contributed by atoms with van der Waals surface area (Å²) in [6, 6.07) is 9.71. The first-order chi connectivity index (χ1) is 8.52. The number of esters is 1. The predicted molar refractivity (Wildman–Crippen MR) is 70.9 cm³/mol. The molecule has 1 aromatic carbocycles. The quantitative estimate of drug-likeness (QED) is 0.805. The molecule has 2 atom stereocenters. The zero-order valence-corrected chi connectivity index (χ0v) is 10.9. The van der Waals surface area contributed by atoms with E-state index < -0.39 is 17.6 Å². The lowest BCUT2D eigenvalue weighted by molar-refractivity contribution is -0.150. The van der Waals surface area contributed by atoms with E-state index in [2.05, 4.69) is 4.74 Å². The van der Waals surface area contributed by atoms with Crippen LogP contribution < -0.4 is 5.73 Å². The van der Waals surface area contributed by atoms with Crippen LogP contribution in [-0.4, -0.2) is 31.8 Å². The van der Waals surface area contributed by atoms with E-state index in [-0.39, 0.29) is 0 Å². The maximum absolute atomic E-state index is 11.6. The van der Waals surface area contributed by atoms with Crippen LogP contribution in [0, 0.1) is 0 Å². The van der Waals surface area contributed by atoms with Gasteiger partial charge in [-0.25, -0.2) is 4.79 Å². The van der Waals surface area contributed by atoms with Crippen molar-refractivity contribution in [3.8, 4) is 0 Å². The Morgan fingerprint density at radius 2 is 1.94 bits per heavy atom. The number of carbonyl (C=O) groups excluding carboxylic acids is 1. The first kappa shape index (κ1) is 14.4. The van der Waals surface area contributed by atoms with Crippen molar-refractivity contribution in [2.45, 2.75) is 18.6 Å². The van der Waals surface area contributed by atoms with E-state index in [1.165, 1.54) is 14.2 Å². The van der Waals surface area contributed by atoms with Crippen LogP contribution in [0.2, 0.25) is 0 Å². The fraction of sp³-hybridized carbons (Fsp3) is 0.357. The highest BCUT2D eigenvalue weighted by molar-refractivity contribution is 5.81. The Balaban J connectivity index is 2.85. The van der Waals surface area contributed by atoms with Gasteiger partial charge in [-0.3, -0.25) is 0 Å². The Hall–Kier alpha value is -1.65. The summed E-state index contributed by atoms with van der Waals surface area (Å²) in [5.41, 5.74) is 5.74. The molecule has 0 saturated carbocycles. The molecule has 1 aromatic rings. The van der Waals surface area contributed by atoms with Gasteiger partial charge < -0.3 is 15.2 Å². The van der Waals surface area contributed by atoms with Gasteiger partial charge in [0.1, 0.15) is 11.6 Å². The molecular formula is C14H19NO3. The van der Waals surface area contributed by atoms with Crippen LogP contribution in [0.4, 0.5) is 0 Å². The van der Waals surface area contributed by atoms with Crippen LogP contribution in [0.15, 0.2) is 36.4 Å². The summed E-state index contributed by atoms with van der Waals surface area (Å²) < 4.78 is 9.92. The van der Waals surface area contributed by atoms with E-state index in [0.29, 0.717) is 0 Å². The number of hydrogen-bond donors (Lipinski definition) is 1. The molecule has 4 heteroatoms. The summed E-state index contributed by atoms with van der Waals surface area (Å²) in [6.07, 6.45) is 3.07. The van der Waals surface area contributed by atoms with Crippen molar-refractivity contribution in [3.05, 3.63) is 42.0 Å². The summed E-state index contributed by atoms with van der Waals surface area (Å²) in [5.74, 6) is -0.507. The van der Waals surface area contributed by atoms with Crippen LogP contribution in [-0.2, 0) is 14.3 Å². The molecule has 98 valence electrons. The van der Waals surface area contributed by atoms with E-state index in [1.54, 1.807) is 13.0 Å². The summed E-state index contributed by atoms with van der Waals surface area (Å²) >= 11 is 0. The second kappa shape index (κ2) is 6.33. The number of nitrogens with two attached hydrogens (primary N) is 1. The molecule has 2 N–H and O–H groups in total. The fourth-order valence-corrected chi connectivity index (χ4v) is 1.62. The highest BCUT2D eigenvalue weighted by Gasteiger charge is 2.37. The summed E-state index contributed by atoms with van der Waals surface area (Å²) in [7, 11) is 2.81. The second-order valence-corrected chi connectivity index (χ2v) is 4.20. The van der Waals surface area contributed by atoms with Crippen LogP contribution in [0.1, 0.15) is 12.5 Å². The first-order valence-electron chi connectivity index (χ1n) is 5.65. The minimum absolute atomic E-state index is 0.507. The van der Waals surface area contributed by atoms with Gasteiger partial charge in [0, 0.05) is 7.11 Å². The molecule has 1 rings (SSSR count). The molecule has 0 aliphatic heterocycles. The SMILES string of the molecule is COC(=O)C(C)(N)C(C=Cc1ccccc1)OC. The number of rotatable bonds is 5. The molecule has 0 bridgehead atoms. The van der Waals surface area contributed by atoms with E-state index >= 15 is 0 Å². The molecule has 0 aliphatic carbocycles. The van der Waals surface area contributed by atoms with Gasteiger partial charge in [-0.2, -0.15) is 0 Å². The lowest BCUT2D eigenvalue weighted by atomic mass is 9.95. The maximum atomic E-state index is 11.6. The Morgan fingerprint density at radius 3 is 2.44 bits per heavy atom. The Morgan fingerprint density at radius 1 is 1.33 bits per heavy atom. The van der Waals surface area contributed by atoms with Crippen molar-refractivity contribution < 1.29 is 14.3 Å². The van der Waals surface area contributed by atoms with Crippen LogP contribution in [0.3, 0.4) is 0 Å². The molecular weight excluding hydrogens is 230 g/mol. The highest BCUT2D eigenvalue weighted by atomic mass is 16.5. The molecule has 0 spiro atoms. The summed E-state index contributed by atoms with van der Waals surface area (Å²) in [6.45, 7) is 1.59. The van der Waals surface area contributed by atoms with Gasteiger partial charge >= 0.3 is 5.97 Å². The van der Waals surface area contributed by atoms with Crippen LogP contribution >= 0.6 is 0 Å². The van der Waals surface area contributed by atoms with Crippen LogP contribution in [0.25, 0.3) is 6.08 Å². The molecule has 0 fully saturated rings. The average Bonchev–Trinajstić information content (AvgIpc) is 2.39. The third kappa shape index (κ3) is 3.42. The predicted octanol–water partition coefficient (Wildman–Crippen LogP) is 1.61. The number of hydrogen-bond acceptors (Lipinski definition) is 4. The summed E-state index contributed by atoms with van der Waals surface area (Å²) in [5, 5.41) is 0. The number of carbonyl (C=O) groups is 1. The van der Waals surface area contributed by atoms with Crippen molar-refractivity contribution in [2.24, 2.45) is 5.73 Å². The molecule has 2 unspecified atom stereocenters. The molecule has 0 aliphatic rings. The number of ether oxygens (including phenoxy) is 2. The minimum Gasteiger partial charge on any atom is -0.468 e. The molecule has 0 saturated heterocycles. The van der Waals surface area contributed by atoms with E-state index in [0.717, 1.165) is 5.56 Å². The second-order valence-electron chi connectivity index (χ2n) is 4.20. The lowest BCUT2D eigenvalue weighted by Crippen LogP contribution is -2.55. The number of methoxy groups -OCH3 is 2. The summed E-state index contributed by atoms with van der Waals surface area (Å²) in [4.78, 5) is 11.6. The molecule has 0 heterocycles. The fourth-order valence-electron chi connectivity index (χ4n) is 1.62. The minimum atomic E-state index is -1.21. The van der Waals surface area contributed by atoms with Gasteiger partial charge in [0.2, 0.25) is 0 Å². The number of benzene rings is 1. The van der Waals surface area contributed by atoms with Crippen molar-refractivity contribution >= 4 is 12.0 Å². The third-order valence-corrected chi connectivity index (χ3v) is 2.73. The van der Waals surface area contributed by atoms with Crippen LogP contribution in [0.5, 0.6) is 0 Å². The van der Waals surface area contributed by atoms with Crippen molar-refractivity contribution in [1.29, 1.82) is 0 Å². The average molecular weight is 249 g/mol. The standard InChI is InChI=1S/C14H19NO3/c1-14(15,13(16)18-3)12(17-2)10-9-11-7-5-4-6-8-11/h4-10,12H,15H2,1-3H3. The highest BCUT2D eigenvalue weighted by Crippen LogP contribution is 2.15. The Labute approximate surface area is 107 Å². The van der Waals surface area contributed by atoms with Crippen molar-refractivity contribution in [1.82, 2.24) is 0 Å². The molecule has 18 heavy (non-hydrogen) atoms. The van der Waals surface area contributed by atoms with Gasteiger partial charge in [-0.15, -0.1) is 0 Å². The largest absolute Gasteiger partial charge is 0.468 e. The topological polar surface area (TPSA) is 61.5 Å². The van der Waals surface area contributed by atoms with E-state index in [1.807, 2.05) is 36.4 Å². The zero-order valence-electron chi connectivity index (χ0n) is 10.9. The Bertz CT molecular complexity index is 412. The molecule has 0 aromatic heterocycles. The van der Waals surface area contributed by atoms with E-state index in [4.69, 9.17) is 10.5 Å². The normalized spacial score (nSPS) is 16.2. The smallest absolute Gasteiger partial charge is 0.328 e. The van der Waals surface area contributed by atoms with Gasteiger partial charge in [-0.05, 0) is 12.5 Å². The van der Waals surface area contributed by atoms with Gasteiger partial charge in [-0.1, -0.05) is 42.5 Å². The van der Waals surface area contributed by atoms with Gasteiger partial charge in [0.15, 0.2) is 0 Å². The Kier molecular flexibility index (Phi) is 5.07. The van der Waals surface area contributed by atoms with Gasteiger partial charge in [0.05, 0.1) is 7.11 Å². The van der Waals surface area contributed by atoms with E-state index in [9.17, 15) is 4.79 Å². The maximum Gasteiger partial charge on any atom is 0.328 e. The molecule has 0 radical (unpaired) electrons. The molecule has 4 nitrogen and oxygen atoms in total. The first-order valence-corrected chi connectivity index (χ1v) is 5.65. The van der Waals surface area contributed by atoms with Crippen molar-refractivity contribution in [3.63, 3.8) is 0 Å².